The third kappa shape index (κ3) is 3.31. The summed E-state index contributed by atoms with van der Waals surface area (Å²) in [6.45, 7) is 4.53. The molecule has 0 amide bonds. The summed E-state index contributed by atoms with van der Waals surface area (Å²) in [7, 11) is 0. The zero-order chi connectivity index (χ0) is 8.81. The first-order chi connectivity index (χ1) is 5.84. The Kier molecular flexibility index (Phi) is 5.00. The molecule has 0 aromatic rings. The second-order valence-corrected chi connectivity index (χ2v) is 5.00. The number of hydrogen-bond acceptors (Lipinski definition) is 2. The minimum atomic E-state index is 1.11. The van der Waals surface area contributed by atoms with Gasteiger partial charge in [0.15, 0.2) is 0 Å². The van der Waals surface area contributed by atoms with Crippen molar-refractivity contribution in [1.29, 1.82) is 0 Å². The van der Waals surface area contributed by atoms with Crippen molar-refractivity contribution >= 4 is 28.3 Å². The van der Waals surface area contributed by atoms with Crippen LogP contribution in [0.2, 0.25) is 0 Å². The van der Waals surface area contributed by atoms with Gasteiger partial charge in [0.05, 0.1) is 0 Å². The number of nitrogens with zero attached hydrogens (tertiary/aromatic N) is 1. The van der Waals surface area contributed by atoms with Crippen LogP contribution in [-0.4, -0.2) is 28.1 Å². The van der Waals surface area contributed by atoms with Crippen molar-refractivity contribution < 1.29 is 0 Å². The van der Waals surface area contributed by atoms with E-state index in [2.05, 4.69) is 11.8 Å². The highest BCUT2D eigenvalue weighted by Gasteiger charge is 2.11. The molecule has 0 aliphatic carbocycles. The molecule has 0 atom stereocenters. The van der Waals surface area contributed by atoms with Crippen molar-refractivity contribution in [1.82, 2.24) is 4.90 Å². The van der Waals surface area contributed by atoms with Gasteiger partial charge in [-0.1, -0.05) is 43.7 Å². The third-order valence-electron chi connectivity index (χ3n) is 2.13. The molecule has 1 aliphatic rings. The van der Waals surface area contributed by atoms with Gasteiger partial charge in [-0.15, -0.1) is 0 Å². The Morgan fingerprint density at radius 2 is 1.83 bits per heavy atom. The van der Waals surface area contributed by atoms with E-state index in [9.17, 15) is 0 Å². The van der Waals surface area contributed by atoms with Crippen LogP contribution in [0.15, 0.2) is 0 Å². The van der Waals surface area contributed by atoms with Crippen LogP contribution in [0.1, 0.15) is 32.6 Å². The number of thioether (sulfide) groups is 1. The minimum absolute atomic E-state index is 1.11. The Labute approximate surface area is 84.9 Å². The van der Waals surface area contributed by atoms with E-state index in [1.807, 2.05) is 0 Å². The number of rotatable bonds is 1. The molecule has 70 valence electrons. The summed E-state index contributed by atoms with van der Waals surface area (Å²) in [5.74, 6) is 1.11. The summed E-state index contributed by atoms with van der Waals surface area (Å²) in [5, 5.41) is 0. The fourth-order valence-electron chi connectivity index (χ4n) is 1.47. The van der Waals surface area contributed by atoms with Crippen LogP contribution >= 0.6 is 24.0 Å². The van der Waals surface area contributed by atoms with E-state index in [0.717, 1.165) is 10.1 Å². The zero-order valence-electron chi connectivity index (χ0n) is 7.71. The molecule has 3 heteroatoms. The van der Waals surface area contributed by atoms with E-state index in [1.54, 1.807) is 11.8 Å². The van der Waals surface area contributed by atoms with Crippen LogP contribution in [-0.2, 0) is 0 Å². The van der Waals surface area contributed by atoms with Gasteiger partial charge in [-0.05, 0) is 18.6 Å². The largest absolute Gasteiger partial charge is 0.358 e. The molecule has 12 heavy (non-hydrogen) atoms. The second kappa shape index (κ2) is 5.81. The van der Waals surface area contributed by atoms with Gasteiger partial charge < -0.3 is 4.90 Å². The van der Waals surface area contributed by atoms with Crippen molar-refractivity contribution in [3.63, 3.8) is 0 Å². The fourth-order valence-corrected chi connectivity index (χ4v) is 2.62. The maximum absolute atomic E-state index is 5.32. The highest BCUT2D eigenvalue weighted by atomic mass is 32.2. The predicted molar refractivity (Wildman–Crippen MR) is 60.8 cm³/mol. The van der Waals surface area contributed by atoms with Crippen LogP contribution in [0.25, 0.3) is 0 Å². The molecule has 1 rings (SSSR count). The maximum Gasteiger partial charge on any atom is 0.136 e. The van der Waals surface area contributed by atoms with Gasteiger partial charge in [-0.3, -0.25) is 0 Å². The van der Waals surface area contributed by atoms with Crippen LogP contribution in [0, 0.1) is 0 Å². The molecule has 0 N–H and O–H groups in total. The summed E-state index contributed by atoms with van der Waals surface area (Å²) < 4.78 is 1.11. The lowest BCUT2D eigenvalue weighted by Crippen LogP contribution is -2.28. The number of hydrogen-bond donors (Lipinski definition) is 0. The first kappa shape index (κ1) is 10.3. The Balaban J connectivity index is 2.32. The minimum Gasteiger partial charge on any atom is -0.358 e. The molecule has 0 aromatic carbocycles. The molecule has 1 nitrogen and oxygen atoms in total. The van der Waals surface area contributed by atoms with Crippen molar-refractivity contribution in [3.8, 4) is 0 Å². The molecule has 0 saturated carbocycles. The van der Waals surface area contributed by atoms with E-state index in [-0.39, 0.29) is 0 Å². The van der Waals surface area contributed by atoms with Gasteiger partial charge in [-0.2, -0.15) is 0 Å². The molecule has 1 fully saturated rings. The average Bonchev–Trinajstić information content (AvgIpc) is 2.32. The normalized spacial score (nSPS) is 18.9. The van der Waals surface area contributed by atoms with Gasteiger partial charge in [0, 0.05) is 13.1 Å². The summed E-state index contributed by atoms with van der Waals surface area (Å²) in [6, 6.07) is 0. The predicted octanol–water partition coefficient (Wildman–Crippen LogP) is 2.90. The van der Waals surface area contributed by atoms with Crippen molar-refractivity contribution in [3.05, 3.63) is 0 Å². The third-order valence-corrected chi connectivity index (χ3v) is 3.54. The van der Waals surface area contributed by atoms with E-state index in [0.29, 0.717) is 0 Å². The molecule has 0 unspecified atom stereocenters. The smallest absolute Gasteiger partial charge is 0.136 e. The van der Waals surface area contributed by atoms with Crippen LogP contribution < -0.4 is 0 Å². The highest BCUT2D eigenvalue weighted by Crippen LogP contribution is 2.15. The average molecular weight is 203 g/mol. The summed E-state index contributed by atoms with van der Waals surface area (Å²) in [4.78, 5) is 2.37. The highest BCUT2D eigenvalue weighted by molar-refractivity contribution is 8.22. The van der Waals surface area contributed by atoms with Crippen LogP contribution in [0.3, 0.4) is 0 Å². The van der Waals surface area contributed by atoms with Crippen molar-refractivity contribution in [2.75, 3.05) is 18.8 Å². The quantitative estimate of drug-likeness (QED) is 0.603. The van der Waals surface area contributed by atoms with E-state index in [4.69, 9.17) is 12.2 Å². The Morgan fingerprint density at radius 1 is 1.25 bits per heavy atom. The van der Waals surface area contributed by atoms with E-state index >= 15 is 0 Å². The van der Waals surface area contributed by atoms with Gasteiger partial charge >= 0.3 is 0 Å². The van der Waals surface area contributed by atoms with E-state index < -0.39 is 0 Å². The summed E-state index contributed by atoms with van der Waals surface area (Å²) in [5.41, 5.74) is 0. The molecule has 0 spiro atoms. The van der Waals surface area contributed by atoms with E-state index in [1.165, 1.54) is 38.8 Å². The van der Waals surface area contributed by atoms with Crippen LogP contribution in [0.4, 0.5) is 0 Å². The summed E-state index contributed by atoms with van der Waals surface area (Å²) in [6.07, 6.45) is 5.42. The molecule has 0 radical (unpaired) electrons. The standard InChI is InChI=1S/C9H17NS2/c1-2-12-9(11)10-7-5-3-4-6-8-10/h2-8H2,1H3. The molecular formula is C9H17NS2. The van der Waals surface area contributed by atoms with Gasteiger partial charge in [0.2, 0.25) is 0 Å². The zero-order valence-corrected chi connectivity index (χ0v) is 9.35. The monoisotopic (exact) mass is 203 g/mol. The van der Waals surface area contributed by atoms with Crippen molar-refractivity contribution in [2.45, 2.75) is 32.6 Å². The molecule has 0 bridgehead atoms. The Bertz CT molecular complexity index is 139. The molecule has 1 saturated heterocycles. The Hall–Kier alpha value is 0.240. The second-order valence-electron chi connectivity index (χ2n) is 3.10. The first-order valence-electron chi connectivity index (χ1n) is 4.76. The number of thiocarbonyl (C=S) groups is 1. The SMILES string of the molecule is CCSC(=S)N1CCCCCC1. The Morgan fingerprint density at radius 3 is 2.33 bits per heavy atom. The lowest BCUT2D eigenvalue weighted by molar-refractivity contribution is 0.450. The van der Waals surface area contributed by atoms with Crippen LogP contribution in [0.5, 0.6) is 0 Å². The molecule has 1 aliphatic heterocycles. The topological polar surface area (TPSA) is 3.24 Å². The van der Waals surface area contributed by atoms with Gasteiger partial charge in [0.1, 0.15) is 4.32 Å². The summed E-state index contributed by atoms with van der Waals surface area (Å²) >= 11 is 7.13. The molecule has 1 heterocycles. The van der Waals surface area contributed by atoms with Gasteiger partial charge in [0.25, 0.3) is 0 Å². The van der Waals surface area contributed by atoms with Gasteiger partial charge in [-0.25, -0.2) is 0 Å². The van der Waals surface area contributed by atoms with Crippen molar-refractivity contribution in [2.24, 2.45) is 0 Å². The lowest BCUT2D eigenvalue weighted by atomic mass is 10.2. The molecular weight excluding hydrogens is 186 g/mol. The first-order valence-corrected chi connectivity index (χ1v) is 6.15. The fraction of sp³-hybridized carbons (Fsp3) is 0.889. The maximum atomic E-state index is 5.32. The molecule has 0 aromatic heterocycles. The number of likely N-dealkylation sites (tertiary alicyclic amines) is 1. The lowest BCUT2D eigenvalue weighted by Gasteiger charge is -2.21.